The molecule has 3 heterocycles. The van der Waals surface area contributed by atoms with Crippen molar-refractivity contribution in [2.24, 2.45) is 0 Å². The number of pyridine rings is 1. The van der Waals surface area contributed by atoms with E-state index in [0.717, 1.165) is 35.9 Å². The molecule has 3 aromatic heterocycles. The van der Waals surface area contributed by atoms with Crippen LogP contribution < -0.4 is 5.32 Å². The number of anilines is 1. The summed E-state index contributed by atoms with van der Waals surface area (Å²) in [6, 6.07) is 0. The van der Waals surface area contributed by atoms with Crippen LogP contribution in [0.25, 0.3) is 22.2 Å². The smallest absolute Gasteiger partial charge is 0.229 e. The van der Waals surface area contributed by atoms with Gasteiger partial charge in [-0.1, -0.05) is 13.8 Å². The average molecular weight is 356 g/mol. The summed E-state index contributed by atoms with van der Waals surface area (Å²) in [5, 5.41) is 4.27. The summed E-state index contributed by atoms with van der Waals surface area (Å²) in [5.74, 6) is 0.997. The summed E-state index contributed by atoms with van der Waals surface area (Å²) in [5.41, 5.74) is 5.98. The molecule has 1 aliphatic carbocycles. The van der Waals surface area contributed by atoms with Crippen LogP contribution in [0.3, 0.4) is 0 Å². The Bertz CT molecular complexity index is 947. The maximum atomic E-state index is 6.12. The Morgan fingerprint density at radius 1 is 1.15 bits per heavy atom. The van der Waals surface area contributed by atoms with Gasteiger partial charge in [0.25, 0.3) is 0 Å². The van der Waals surface area contributed by atoms with Gasteiger partial charge in [0.1, 0.15) is 11.8 Å². The van der Waals surface area contributed by atoms with Gasteiger partial charge in [0.15, 0.2) is 17.7 Å². The van der Waals surface area contributed by atoms with Crippen molar-refractivity contribution in [3.05, 3.63) is 23.1 Å². The fourth-order valence-electron chi connectivity index (χ4n) is 3.77. The second kappa shape index (κ2) is 6.81. The van der Waals surface area contributed by atoms with Crippen molar-refractivity contribution in [3.63, 3.8) is 0 Å². The third-order valence-corrected chi connectivity index (χ3v) is 5.01. The van der Waals surface area contributed by atoms with E-state index in [0.29, 0.717) is 29.6 Å². The zero-order valence-corrected chi connectivity index (χ0v) is 15.6. The standard InChI is InChI=1S/C19H24N4O3/c1-10(2)15-12-7-5-6-11(12)14-16-17(26-19(14)23-15)18(22-9-21-16)20-8-13(24-3)25-4/h9-10,13H,5-8H2,1-4H3,(H,20,21,22). The first-order chi connectivity index (χ1) is 12.6. The first-order valence-electron chi connectivity index (χ1n) is 9.02. The molecule has 0 unspecified atom stereocenters. The van der Waals surface area contributed by atoms with Gasteiger partial charge in [0, 0.05) is 14.2 Å². The second-order valence-corrected chi connectivity index (χ2v) is 6.93. The van der Waals surface area contributed by atoms with E-state index in [9.17, 15) is 0 Å². The topological polar surface area (TPSA) is 82.3 Å². The number of nitrogens with one attached hydrogen (secondary N) is 1. The van der Waals surface area contributed by atoms with Gasteiger partial charge < -0.3 is 19.2 Å². The van der Waals surface area contributed by atoms with Crippen molar-refractivity contribution >= 4 is 28.0 Å². The van der Waals surface area contributed by atoms with Crippen molar-refractivity contribution in [3.8, 4) is 0 Å². The summed E-state index contributed by atoms with van der Waals surface area (Å²) in [6.07, 6.45) is 4.48. The van der Waals surface area contributed by atoms with Crippen molar-refractivity contribution in [1.82, 2.24) is 15.0 Å². The summed E-state index contributed by atoms with van der Waals surface area (Å²) >= 11 is 0. The lowest BCUT2D eigenvalue weighted by atomic mass is 9.99. The molecular weight excluding hydrogens is 332 g/mol. The van der Waals surface area contributed by atoms with Gasteiger partial charge in [0.05, 0.1) is 17.6 Å². The number of hydrogen-bond donors (Lipinski definition) is 1. The summed E-state index contributed by atoms with van der Waals surface area (Å²) < 4.78 is 16.6. The fraction of sp³-hybridized carbons (Fsp3) is 0.526. The number of fused-ring (bicyclic) bond motifs is 5. The van der Waals surface area contributed by atoms with E-state index in [4.69, 9.17) is 18.9 Å². The highest BCUT2D eigenvalue weighted by atomic mass is 16.7. The van der Waals surface area contributed by atoms with Gasteiger partial charge in [-0.3, -0.25) is 0 Å². The molecule has 0 saturated heterocycles. The Kier molecular flexibility index (Phi) is 4.50. The predicted octanol–water partition coefficient (Wildman–Crippen LogP) is 3.41. The molecule has 0 amide bonds. The predicted molar refractivity (Wildman–Crippen MR) is 99.5 cm³/mol. The molecule has 0 aromatic carbocycles. The van der Waals surface area contributed by atoms with Crippen LogP contribution >= 0.6 is 0 Å². The highest BCUT2D eigenvalue weighted by Crippen LogP contribution is 2.39. The molecule has 0 aliphatic heterocycles. The Balaban J connectivity index is 1.85. The normalized spacial score (nSPS) is 14.1. The molecule has 138 valence electrons. The molecular formula is C19H24N4O3. The zero-order chi connectivity index (χ0) is 18.3. The van der Waals surface area contributed by atoms with Gasteiger partial charge in [-0.2, -0.15) is 0 Å². The van der Waals surface area contributed by atoms with E-state index in [2.05, 4.69) is 29.1 Å². The second-order valence-electron chi connectivity index (χ2n) is 6.93. The molecule has 7 heteroatoms. The van der Waals surface area contributed by atoms with E-state index in [-0.39, 0.29) is 6.29 Å². The minimum absolute atomic E-state index is 0.362. The number of furan rings is 1. The number of ether oxygens (including phenoxy) is 2. The third-order valence-electron chi connectivity index (χ3n) is 5.01. The molecule has 0 atom stereocenters. The highest BCUT2D eigenvalue weighted by Gasteiger charge is 2.26. The minimum Gasteiger partial charge on any atom is -0.432 e. The van der Waals surface area contributed by atoms with Gasteiger partial charge in [-0.05, 0) is 36.3 Å². The number of methoxy groups -OCH3 is 2. The summed E-state index contributed by atoms with van der Waals surface area (Å²) in [6.45, 7) is 4.81. The molecule has 7 nitrogen and oxygen atoms in total. The Morgan fingerprint density at radius 2 is 1.92 bits per heavy atom. The number of nitrogens with zero attached hydrogens (tertiary/aromatic N) is 3. The molecule has 0 bridgehead atoms. The quantitative estimate of drug-likeness (QED) is 0.678. The van der Waals surface area contributed by atoms with Crippen LogP contribution in [0.15, 0.2) is 10.7 Å². The Hall–Kier alpha value is -2.25. The number of aromatic nitrogens is 3. The van der Waals surface area contributed by atoms with Crippen LogP contribution in [0.4, 0.5) is 5.82 Å². The van der Waals surface area contributed by atoms with E-state index in [1.165, 1.54) is 11.1 Å². The first-order valence-corrected chi connectivity index (χ1v) is 9.02. The molecule has 0 saturated carbocycles. The molecule has 26 heavy (non-hydrogen) atoms. The highest BCUT2D eigenvalue weighted by molar-refractivity contribution is 6.06. The molecule has 0 spiro atoms. The van der Waals surface area contributed by atoms with Crippen molar-refractivity contribution < 1.29 is 13.9 Å². The summed E-state index contributed by atoms with van der Waals surface area (Å²) in [7, 11) is 3.21. The van der Waals surface area contributed by atoms with Gasteiger partial charge in [-0.15, -0.1) is 0 Å². The van der Waals surface area contributed by atoms with Crippen LogP contribution in [-0.4, -0.2) is 42.0 Å². The van der Waals surface area contributed by atoms with Crippen LogP contribution in [-0.2, 0) is 22.3 Å². The van der Waals surface area contributed by atoms with E-state index in [1.807, 2.05) is 0 Å². The van der Waals surface area contributed by atoms with E-state index >= 15 is 0 Å². The monoisotopic (exact) mass is 356 g/mol. The minimum atomic E-state index is -0.362. The molecule has 0 radical (unpaired) electrons. The molecule has 3 aromatic rings. The van der Waals surface area contributed by atoms with Crippen LogP contribution in [0.2, 0.25) is 0 Å². The fourth-order valence-corrected chi connectivity index (χ4v) is 3.77. The van der Waals surface area contributed by atoms with Crippen LogP contribution in [0, 0.1) is 0 Å². The van der Waals surface area contributed by atoms with Gasteiger partial charge in [0.2, 0.25) is 5.71 Å². The number of rotatable bonds is 6. The number of hydrogen-bond acceptors (Lipinski definition) is 7. The zero-order valence-electron chi connectivity index (χ0n) is 15.6. The average Bonchev–Trinajstić information content (AvgIpc) is 3.25. The largest absolute Gasteiger partial charge is 0.432 e. The van der Waals surface area contributed by atoms with Gasteiger partial charge >= 0.3 is 0 Å². The first kappa shape index (κ1) is 17.2. The molecule has 1 aliphatic rings. The van der Waals surface area contributed by atoms with Crippen LogP contribution in [0.5, 0.6) is 0 Å². The molecule has 0 fully saturated rings. The van der Waals surface area contributed by atoms with Crippen LogP contribution in [0.1, 0.15) is 43.0 Å². The van der Waals surface area contributed by atoms with Crippen molar-refractivity contribution in [2.45, 2.75) is 45.3 Å². The number of aryl methyl sites for hydroxylation is 1. The lowest BCUT2D eigenvalue weighted by Crippen LogP contribution is -2.24. The maximum absolute atomic E-state index is 6.12. The molecule has 1 N–H and O–H groups in total. The van der Waals surface area contributed by atoms with E-state index in [1.54, 1.807) is 20.5 Å². The summed E-state index contributed by atoms with van der Waals surface area (Å²) in [4.78, 5) is 13.7. The SMILES string of the molecule is COC(CNc1ncnc2c1oc1nc(C(C)C)c3c(c12)CCC3)OC. The van der Waals surface area contributed by atoms with Crippen molar-refractivity contribution in [1.29, 1.82) is 0 Å². The molecule has 4 rings (SSSR count). The maximum Gasteiger partial charge on any atom is 0.229 e. The third kappa shape index (κ3) is 2.71. The Labute approximate surface area is 152 Å². The lowest BCUT2D eigenvalue weighted by Gasteiger charge is -2.14. The van der Waals surface area contributed by atoms with Gasteiger partial charge in [-0.25, -0.2) is 15.0 Å². The van der Waals surface area contributed by atoms with E-state index < -0.39 is 0 Å². The Morgan fingerprint density at radius 3 is 2.65 bits per heavy atom. The van der Waals surface area contributed by atoms with Crippen molar-refractivity contribution in [2.75, 3.05) is 26.1 Å². The lowest BCUT2D eigenvalue weighted by molar-refractivity contribution is -0.0914.